The van der Waals surface area contributed by atoms with Crippen LogP contribution in [0.5, 0.6) is 0 Å². The number of nitrogens with zero attached hydrogens (tertiary/aromatic N) is 2. The Labute approximate surface area is 192 Å². The summed E-state index contributed by atoms with van der Waals surface area (Å²) in [5.41, 5.74) is 0.404. The standard InChI is InChI=1S/C21H28N4O5S2/c1-15-12-19(24-30-15)23-21(27)16(2)31-14-20(26)22-17-8-7-9-18(13-17)32(28,29)25-10-5-3-4-6-11-25/h7-9,12-13,16H,3-6,10-11,14H2,1-2H3,(H,22,26)(H,23,24,27). The van der Waals surface area contributed by atoms with Crippen LogP contribution in [0.15, 0.2) is 39.8 Å². The predicted molar refractivity (Wildman–Crippen MR) is 124 cm³/mol. The lowest BCUT2D eigenvalue weighted by atomic mass is 10.2. The highest BCUT2D eigenvalue weighted by Crippen LogP contribution is 2.23. The van der Waals surface area contributed by atoms with E-state index in [1.165, 1.54) is 10.4 Å². The van der Waals surface area contributed by atoms with Crippen molar-refractivity contribution in [2.75, 3.05) is 29.5 Å². The lowest BCUT2D eigenvalue weighted by molar-refractivity contribution is -0.115. The molecule has 2 amide bonds. The SMILES string of the molecule is Cc1cc(NC(=O)C(C)SCC(=O)Nc2cccc(S(=O)(=O)N3CCCCCC3)c2)no1. The van der Waals surface area contributed by atoms with Crippen LogP contribution in [0, 0.1) is 6.92 Å². The summed E-state index contributed by atoms with van der Waals surface area (Å²) in [5.74, 6) is 0.333. The minimum Gasteiger partial charge on any atom is -0.360 e. The van der Waals surface area contributed by atoms with E-state index in [2.05, 4.69) is 15.8 Å². The zero-order chi connectivity index (χ0) is 23.1. The average molecular weight is 481 g/mol. The molecule has 174 valence electrons. The summed E-state index contributed by atoms with van der Waals surface area (Å²) in [6, 6.07) is 7.89. The second-order valence-electron chi connectivity index (χ2n) is 7.66. The van der Waals surface area contributed by atoms with Gasteiger partial charge >= 0.3 is 0 Å². The molecule has 1 atom stereocenters. The summed E-state index contributed by atoms with van der Waals surface area (Å²) in [6.07, 6.45) is 3.78. The highest BCUT2D eigenvalue weighted by Gasteiger charge is 2.25. The van der Waals surface area contributed by atoms with Gasteiger partial charge in [-0.3, -0.25) is 9.59 Å². The van der Waals surface area contributed by atoms with Crippen LogP contribution in [0.25, 0.3) is 0 Å². The molecule has 9 nitrogen and oxygen atoms in total. The van der Waals surface area contributed by atoms with Crippen molar-refractivity contribution < 1.29 is 22.5 Å². The Balaban J connectivity index is 1.54. The van der Waals surface area contributed by atoms with Crippen LogP contribution in [0.1, 0.15) is 38.4 Å². The van der Waals surface area contributed by atoms with Crippen LogP contribution in [0.3, 0.4) is 0 Å². The number of anilines is 2. The maximum Gasteiger partial charge on any atom is 0.243 e. The molecule has 0 saturated carbocycles. The summed E-state index contributed by atoms with van der Waals surface area (Å²) >= 11 is 1.16. The Morgan fingerprint density at radius 2 is 1.88 bits per heavy atom. The molecule has 2 N–H and O–H groups in total. The molecule has 2 aromatic rings. The first-order chi connectivity index (χ1) is 15.3. The van der Waals surface area contributed by atoms with E-state index in [1.54, 1.807) is 38.1 Å². The zero-order valence-electron chi connectivity index (χ0n) is 18.2. The Kier molecular flexibility index (Phi) is 8.32. The highest BCUT2D eigenvalue weighted by atomic mass is 32.2. The van der Waals surface area contributed by atoms with Gasteiger partial charge in [0.1, 0.15) is 5.76 Å². The van der Waals surface area contributed by atoms with E-state index in [-0.39, 0.29) is 22.5 Å². The molecule has 1 aromatic heterocycles. The molecule has 0 spiro atoms. The van der Waals surface area contributed by atoms with Crippen molar-refractivity contribution in [2.24, 2.45) is 0 Å². The minimum absolute atomic E-state index is 0.0372. The van der Waals surface area contributed by atoms with Crippen molar-refractivity contribution in [1.82, 2.24) is 9.46 Å². The van der Waals surface area contributed by atoms with Crippen molar-refractivity contribution in [3.63, 3.8) is 0 Å². The second kappa shape index (κ2) is 11.0. The smallest absolute Gasteiger partial charge is 0.243 e. The van der Waals surface area contributed by atoms with Crippen molar-refractivity contribution in [1.29, 1.82) is 0 Å². The number of rotatable bonds is 8. The molecule has 0 aliphatic carbocycles. The first-order valence-electron chi connectivity index (χ1n) is 10.5. The number of thioether (sulfide) groups is 1. The van der Waals surface area contributed by atoms with Gasteiger partial charge in [-0.15, -0.1) is 11.8 Å². The number of benzene rings is 1. The van der Waals surface area contributed by atoms with Crippen molar-refractivity contribution in [2.45, 2.75) is 49.7 Å². The van der Waals surface area contributed by atoms with E-state index in [9.17, 15) is 18.0 Å². The topological polar surface area (TPSA) is 122 Å². The van der Waals surface area contributed by atoms with Gasteiger partial charge in [0, 0.05) is 24.8 Å². The summed E-state index contributed by atoms with van der Waals surface area (Å²) in [7, 11) is -3.60. The first kappa shape index (κ1) is 24.3. The molecule has 1 saturated heterocycles. The number of carbonyl (C=O) groups is 2. The molecule has 1 aliphatic rings. The monoisotopic (exact) mass is 480 g/mol. The van der Waals surface area contributed by atoms with Gasteiger partial charge in [0.15, 0.2) is 5.82 Å². The summed E-state index contributed by atoms with van der Waals surface area (Å²) in [4.78, 5) is 24.7. The molecule has 1 aromatic carbocycles. The first-order valence-corrected chi connectivity index (χ1v) is 13.0. The largest absolute Gasteiger partial charge is 0.360 e. The number of sulfonamides is 1. The summed E-state index contributed by atoms with van der Waals surface area (Å²) < 4.78 is 32.4. The minimum atomic E-state index is -3.60. The number of carbonyl (C=O) groups excluding carboxylic acids is 2. The molecule has 2 heterocycles. The van der Waals surface area contributed by atoms with Gasteiger partial charge in [0.25, 0.3) is 0 Å². The molecule has 3 rings (SSSR count). The van der Waals surface area contributed by atoms with Gasteiger partial charge < -0.3 is 15.2 Å². The highest BCUT2D eigenvalue weighted by molar-refractivity contribution is 8.01. The van der Waals surface area contributed by atoms with E-state index in [4.69, 9.17) is 4.52 Å². The zero-order valence-corrected chi connectivity index (χ0v) is 19.8. The van der Waals surface area contributed by atoms with Crippen molar-refractivity contribution in [3.8, 4) is 0 Å². The number of hydrogen-bond donors (Lipinski definition) is 2. The van der Waals surface area contributed by atoms with Gasteiger partial charge in [0.2, 0.25) is 21.8 Å². The van der Waals surface area contributed by atoms with E-state index < -0.39 is 15.3 Å². The van der Waals surface area contributed by atoms with Crippen LogP contribution >= 0.6 is 11.8 Å². The lowest BCUT2D eigenvalue weighted by Crippen LogP contribution is -2.32. The van der Waals surface area contributed by atoms with Crippen LogP contribution in [0.2, 0.25) is 0 Å². The number of amides is 2. The molecule has 32 heavy (non-hydrogen) atoms. The fourth-order valence-corrected chi connectivity index (χ4v) is 5.54. The maximum absolute atomic E-state index is 13.0. The van der Waals surface area contributed by atoms with E-state index in [1.807, 2.05) is 0 Å². The number of hydrogen-bond acceptors (Lipinski definition) is 7. The predicted octanol–water partition coefficient (Wildman–Crippen LogP) is 3.25. The fraction of sp³-hybridized carbons (Fsp3) is 0.476. The third-order valence-electron chi connectivity index (χ3n) is 5.03. The summed E-state index contributed by atoms with van der Waals surface area (Å²) in [6.45, 7) is 4.45. The quantitative estimate of drug-likeness (QED) is 0.595. The van der Waals surface area contributed by atoms with E-state index in [0.717, 1.165) is 37.4 Å². The van der Waals surface area contributed by atoms with Gasteiger partial charge in [-0.1, -0.05) is 24.1 Å². The van der Waals surface area contributed by atoms with Crippen LogP contribution in [-0.2, 0) is 19.6 Å². The molecular formula is C21H28N4O5S2. The van der Waals surface area contributed by atoms with Crippen LogP contribution in [0.4, 0.5) is 11.5 Å². The van der Waals surface area contributed by atoms with Crippen molar-refractivity contribution >= 4 is 45.1 Å². The number of nitrogens with one attached hydrogen (secondary N) is 2. The maximum atomic E-state index is 13.0. The molecular weight excluding hydrogens is 452 g/mol. The van der Waals surface area contributed by atoms with E-state index in [0.29, 0.717) is 30.4 Å². The Bertz CT molecular complexity index is 1050. The van der Waals surface area contributed by atoms with Gasteiger partial charge in [-0.05, 0) is 44.9 Å². The molecule has 1 unspecified atom stereocenters. The van der Waals surface area contributed by atoms with Gasteiger partial charge in [0.05, 0.1) is 15.9 Å². The Hall–Kier alpha value is -2.37. The second-order valence-corrected chi connectivity index (χ2v) is 10.9. The molecule has 0 bridgehead atoms. The Morgan fingerprint density at radius 1 is 1.16 bits per heavy atom. The number of aromatic nitrogens is 1. The van der Waals surface area contributed by atoms with Crippen molar-refractivity contribution in [3.05, 3.63) is 36.1 Å². The molecule has 11 heteroatoms. The fourth-order valence-electron chi connectivity index (χ4n) is 3.29. The average Bonchev–Trinajstić information content (AvgIpc) is 3.00. The summed E-state index contributed by atoms with van der Waals surface area (Å²) in [5, 5.41) is 8.56. The number of aryl methyl sites for hydroxylation is 1. The van der Waals surface area contributed by atoms with Crippen LogP contribution in [-0.4, -0.2) is 53.8 Å². The molecule has 1 fully saturated rings. The van der Waals surface area contributed by atoms with Gasteiger partial charge in [-0.25, -0.2) is 8.42 Å². The normalized spacial score (nSPS) is 16.2. The molecule has 0 radical (unpaired) electrons. The van der Waals surface area contributed by atoms with Crippen LogP contribution < -0.4 is 10.6 Å². The lowest BCUT2D eigenvalue weighted by Gasteiger charge is -2.20. The van der Waals surface area contributed by atoms with Gasteiger partial charge in [-0.2, -0.15) is 4.31 Å². The Morgan fingerprint density at radius 3 is 2.53 bits per heavy atom. The third kappa shape index (κ3) is 6.57. The third-order valence-corrected chi connectivity index (χ3v) is 8.07. The van der Waals surface area contributed by atoms with E-state index >= 15 is 0 Å². The molecule has 1 aliphatic heterocycles.